The molecule has 0 N–H and O–H groups in total. The van der Waals surface area contributed by atoms with Crippen LogP contribution in [0.15, 0.2) is 10.8 Å². The van der Waals surface area contributed by atoms with E-state index in [0.717, 1.165) is 19.3 Å². The van der Waals surface area contributed by atoms with Crippen molar-refractivity contribution in [3.8, 4) is 0 Å². The van der Waals surface area contributed by atoms with Gasteiger partial charge in [-0.15, -0.1) is 0 Å². The van der Waals surface area contributed by atoms with Gasteiger partial charge in [0.25, 0.3) is 0 Å². The number of likely N-dealkylation sites (tertiary alicyclic amines) is 1. The van der Waals surface area contributed by atoms with E-state index in [1.165, 1.54) is 6.39 Å². The molecule has 0 bridgehead atoms. The van der Waals surface area contributed by atoms with Crippen molar-refractivity contribution in [3.63, 3.8) is 0 Å². The molecule has 0 aromatic carbocycles. The van der Waals surface area contributed by atoms with Crippen LogP contribution < -0.4 is 0 Å². The SMILES string of the molecule is CCOC(=O)c1ncoc1C1CCN(C(=O)[C@H]2CC2(C)C)CC1. The highest BCUT2D eigenvalue weighted by Gasteiger charge is 2.52. The summed E-state index contributed by atoms with van der Waals surface area (Å²) in [6, 6.07) is 0. The second kappa shape index (κ2) is 5.98. The molecule has 0 radical (unpaired) electrons. The zero-order chi connectivity index (χ0) is 16.6. The molecule has 1 amide bonds. The first-order chi connectivity index (χ1) is 10.9. The average Bonchev–Trinajstić information content (AvgIpc) is 2.97. The Morgan fingerprint density at radius 2 is 2.04 bits per heavy atom. The number of carbonyl (C=O) groups is 2. The minimum absolute atomic E-state index is 0.119. The molecule has 0 unspecified atom stereocenters. The second-order valence-electron chi connectivity index (χ2n) is 7.13. The molecule has 2 aliphatic rings. The molecule has 0 spiro atoms. The van der Waals surface area contributed by atoms with E-state index in [-0.39, 0.29) is 28.9 Å². The van der Waals surface area contributed by atoms with Gasteiger partial charge in [0.1, 0.15) is 5.76 Å². The van der Waals surface area contributed by atoms with Crippen LogP contribution in [0.3, 0.4) is 0 Å². The summed E-state index contributed by atoms with van der Waals surface area (Å²) in [4.78, 5) is 30.3. The minimum atomic E-state index is -0.436. The molecule has 1 saturated carbocycles. The Morgan fingerprint density at radius 1 is 1.39 bits per heavy atom. The van der Waals surface area contributed by atoms with Gasteiger partial charge in [-0.25, -0.2) is 9.78 Å². The van der Waals surface area contributed by atoms with Gasteiger partial charge < -0.3 is 14.1 Å². The fraction of sp³-hybridized carbons (Fsp3) is 0.706. The van der Waals surface area contributed by atoms with Crippen molar-refractivity contribution in [2.24, 2.45) is 11.3 Å². The maximum atomic E-state index is 12.4. The molecule has 6 nitrogen and oxygen atoms in total. The highest BCUT2D eigenvalue weighted by atomic mass is 16.5. The van der Waals surface area contributed by atoms with Crippen molar-refractivity contribution in [1.29, 1.82) is 0 Å². The number of esters is 1. The van der Waals surface area contributed by atoms with Gasteiger partial charge in [-0.2, -0.15) is 0 Å². The average molecular weight is 320 g/mol. The van der Waals surface area contributed by atoms with Gasteiger partial charge in [-0.3, -0.25) is 4.79 Å². The molecular formula is C17H24N2O4. The van der Waals surface area contributed by atoms with Crippen LogP contribution in [0, 0.1) is 11.3 Å². The molecule has 1 aromatic heterocycles. The van der Waals surface area contributed by atoms with Crippen molar-refractivity contribution < 1.29 is 18.7 Å². The standard InChI is InChI=1S/C17H24N2O4/c1-4-22-16(21)13-14(23-10-18-13)11-5-7-19(8-6-11)15(20)12-9-17(12,2)3/h10-12H,4-9H2,1-3H3/t12-/m1/s1. The summed E-state index contributed by atoms with van der Waals surface area (Å²) in [5, 5.41) is 0. The number of carbonyl (C=O) groups excluding carboxylic acids is 2. The third kappa shape index (κ3) is 3.12. The molecule has 126 valence electrons. The topological polar surface area (TPSA) is 72.6 Å². The van der Waals surface area contributed by atoms with E-state index in [0.29, 0.717) is 25.5 Å². The Bertz CT molecular complexity index is 599. The van der Waals surface area contributed by atoms with E-state index in [1.807, 2.05) is 4.90 Å². The van der Waals surface area contributed by atoms with E-state index < -0.39 is 5.97 Å². The van der Waals surface area contributed by atoms with Gasteiger partial charge in [-0.05, 0) is 31.6 Å². The monoisotopic (exact) mass is 320 g/mol. The molecular weight excluding hydrogens is 296 g/mol. The first-order valence-corrected chi connectivity index (χ1v) is 8.33. The molecule has 1 aliphatic carbocycles. The fourth-order valence-corrected chi connectivity index (χ4v) is 3.37. The van der Waals surface area contributed by atoms with Crippen LogP contribution in [-0.2, 0) is 9.53 Å². The molecule has 1 atom stereocenters. The van der Waals surface area contributed by atoms with Gasteiger partial charge in [0.2, 0.25) is 5.91 Å². The Labute approximate surface area is 136 Å². The predicted molar refractivity (Wildman–Crippen MR) is 82.9 cm³/mol. The lowest BCUT2D eigenvalue weighted by Gasteiger charge is -2.31. The van der Waals surface area contributed by atoms with Gasteiger partial charge in [-0.1, -0.05) is 13.8 Å². The maximum Gasteiger partial charge on any atom is 0.360 e. The van der Waals surface area contributed by atoms with Crippen LogP contribution in [-0.4, -0.2) is 41.5 Å². The van der Waals surface area contributed by atoms with Gasteiger partial charge in [0, 0.05) is 24.9 Å². The molecule has 1 aliphatic heterocycles. The predicted octanol–water partition coefficient (Wildman–Crippen LogP) is 2.60. The van der Waals surface area contributed by atoms with Gasteiger partial charge in [0.05, 0.1) is 6.61 Å². The fourth-order valence-electron chi connectivity index (χ4n) is 3.37. The lowest BCUT2D eigenvalue weighted by atomic mass is 9.92. The van der Waals surface area contributed by atoms with Crippen LogP contribution in [0.2, 0.25) is 0 Å². The Hall–Kier alpha value is -1.85. The number of ether oxygens (including phenoxy) is 1. The zero-order valence-electron chi connectivity index (χ0n) is 14.0. The van der Waals surface area contributed by atoms with Gasteiger partial charge in [0.15, 0.2) is 12.1 Å². The first kappa shape index (κ1) is 16.0. The summed E-state index contributed by atoms with van der Waals surface area (Å²) in [6.45, 7) is 7.78. The highest BCUT2D eigenvalue weighted by molar-refractivity contribution is 5.88. The number of hydrogen-bond donors (Lipinski definition) is 0. The number of oxazole rings is 1. The summed E-state index contributed by atoms with van der Waals surface area (Å²) in [5.41, 5.74) is 0.440. The second-order valence-corrected chi connectivity index (χ2v) is 7.13. The number of hydrogen-bond acceptors (Lipinski definition) is 5. The molecule has 1 saturated heterocycles. The van der Waals surface area contributed by atoms with Crippen LogP contribution in [0.25, 0.3) is 0 Å². The maximum absolute atomic E-state index is 12.4. The Morgan fingerprint density at radius 3 is 2.61 bits per heavy atom. The number of rotatable bonds is 4. The minimum Gasteiger partial charge on any atom is -0.461 e. The van der Waals surface area contributed by atoms with E-state index in [9.17, 15) is 9.59 Å². The number of aromatic nitrogens is 1. The summed E-state index contributed by atoms with van der Waals surface area (Å²) in [7, 11) is 0. The third-order valence-electron chi connectivity index (χ3n) is 5.05. The lowest BCUT2D eigenvalue weighted by molar-refractivity contribution is -0.134. The molecule has 3 rings (SSSR count). The summed E-state index contributed by atoms with van der Waals surface area (Å²) < 4.78 is 10.5. The Balaban J connectivity index is 1.60. The first-order valence-electron chi connectivity index (χ1n) is 8.33. The normalized spacial score (nSPS) is 23.6. The molecule has 6 heteroatoms. The van der Waals surface area contributed by atoms with E-state index in [1.54, 1.807) is 6.92 Å². The Kier molecular flexibility index (Phi) is 4.17. The highest BCUT2D eigenvalue weighted by Crippen LogP contribution is 2.52. The van der Waals surface area contributed by atoms with E-state index in [2.05, 4.69) is 18.8 Å². The van der Waals surface area contributed by atoms with E-state index in [4.69, 9.17) is 9.15 Å². The van der Waals surface area contributed by atoms with Crippen molar-refractivity contribution in [2.75, 3.05) is 19.7 Å². The summed E-state index contributed by atoms with van der Waals surface area (Å²) in [6.07, 6.45) is 3.87. The summed E-state index contributed by atoms with van der Waals surface area (Å²) in [5.74, 6) is 0.737. The van der Waals surface area contributed by atoms with Crippen LogP contribution in [0.5, 0.6) is 0 Å². The largest absolute Gasteiger partial charge is 0.461 e. The molecule has 2 heterocycles. The number of amides is 1. The molecule has 1 aromatic rings. The van der Waals surface area contributed by atoms with Crippen LogP contribution >= 0.6 is 0 Å². The zero-order valence-corrected chi connectivity index (χ0v) is 14.0. The van der Waals surface area contributed by atoms with Crippen molar-refractivity contribution in [3.05, 3.63) is 17.8 Å². The smallest absolute Gasteiger partial charge is 0.360 e. The lowest BCUT2D eigenvalue weighted by Crippen LogP contribution is -2.39. The quantitative estimate of drug-likeness (QED) is 0.797. The molecule has 23 heavy (non-hydrogen) atoms. The van der Waals surface area contributed by atoms with Crippen LogP contribution in [0.4, 0.5) is 0 Å². The van der Waals surface area contributed by atoms with E-state index >= 15 is 0 Å². The third-order valence-corrected chi connectivity index (χ3v) is 5.05. The van der Waals surface area contributed by atoms with Gasteiger partial charge >= 0.3 is 5.97 Å². The van der Waals surface area contributed by atoms with Crippen molar-refractivity contribution in [2.45, 2.75) is 46.0 Å². The van der Waals surface area contributed by atoms with Crippen LogP contribution in [0.1, 0.15) is 62.2 Å². The number of nitrogens with zero attached hydrogens (tertiary/aromatic N) is 2. The van der Waals surface area contributed by atoms with Crippen molar-refractivity contribution >= 4 is 11.9 Å². The number of piperidine rings is 1. The summed E-state index contributed by atoms with van der Waals surface area (Å²) >= 11 is 0. The van der Waals surface area contributed by atoms with Crippen molar-refractivity contribution in [1.82, 2.24) is 9.88 Å². The molecule has 2 fully saturated rings.